The lowest BCUT2D eigenvalue weighted by molar-refractivity contribution is 0.162. The molecule has 0 unspecified atom stereocenters. The maximum Gasteiger partial charge on any atom is 0.161 e. The zero-order chi connectivity index (χ0) is 25.5. The first-order chi connectivity index (χ1) is 18.7. The summed E-state index contributed by atoms with van der Waals surface area (Å²) in [6.45, 7) is 5.89. The number of likely N-dealkylation sites (N-methyl/N-ethyl adjacent to an activating group) is 1. The van der Waals surface area contributed by atoms with Crippen molar-refractivity contribution in [2.45, 2.75) is 18.9 Å². The van der Waals surface area contributed by atoms with Crippen LogP contribution in [0.25, 0.3) is 44.8 Å². The minimum Gasteiger partial charge on any atom is -0.489 e. The van der Waals surface area contributed by atoms with Gasteiger partial charge in [-0.2, -0.15) is 5.10 Å². The van der Waals surface area contributed by atoms with E-state index in [1.54, 1.807) is 6.20 Å². The molecular weight excluding hydrogens is 480 g/mol. The number of piperidine rings is 1. The number of hydrogen-bond acceptors (Lipinski definition) is 9. The van der Waals surface area contributed by atoms with Crippen LogP contribution in [0.3, 0.4) is 0 Å². The van der Waals surface area contributed by atoms with Crippen LogP contribution in [-0.2, 0) is 0 Å². The van der Waals surface area contributed by atoms with Gasteiger partial charge in [-0.3, -0.25) is 15.1 Å². The second-order valence-corrected chi connectivity index (χ2v) is 10.1. The van der Waals surface area contributed by atoms with Crippen molar-refractivity contribution in [1.82, 2.24) is 45.3 Å². The van der Waals surface area contributed by atoms with Crippen molar-refractivity contribution in [3.05, 3.63) is 43.0 Å². The Balaban J connectivity index is 1.22. The van der Waals surface area contributed by atoms with Crippen LogP contribution in [-0.4, -0.2) is 92.4 Å². The summed E-state index contributed by atoms with van der Waals surface area (Å²) in [6.07, 6.45) is 9.52. The molecule has 3 N–H and O–H groups in total. The number of aromatic amines is 2. The van der Waals surface area contributed by atoms with Gasteiger partial charge in [-0.05, 0) is 51.2 Å². The Bertz CT molecular complexity index is 1580. The number of hydrogen-bond donors (Lipinski definition) is 3. The molecular formula is C27H30N10O. The minimum atomic E-state index is 0.211. The van der Waals surface area contributed by atoms with E-state index in [0.717, 1.165) is 96.9 Å². The van der Waals surface area contributed by atoms with Gasteiger partial charge in [0, 0.05) is 37.9 Å². The highest BCUT2D eigenvalue weighted by Gasteiger charge is 2.21. The Morgan fingerprint density at radius 2 is 1.74 bits per heavy atom. The second kappa shape index (κ2) is 9.66. The van der Waals surface area contributed by atoms with Crippen LogP contribution in [0.1, 0.15) is 12.8 Å². The number of rotatable bonds is 5. The number of fused-ring (bicyclic) bond motifs is 2. The Morgan fingerprint density at radius 3 is 2.61 bits per heavy atom. The molecule has 2 aliphatic heterocycles. The maximum atomic E-state index is 6.21. The van der Waals surface area contributed by atoms with E-state index in [1.807, 2.05) is 36.8 Å². The van der Waals surface area contributed by atoms with Crippen molar-refractivity contribution < 1.29 is 4.74 Å². The number of imidazole rings is 1. The predicted octanol–water partition coefficient (Wildman–Crippen LogP) is 2.84. The molecule has 2 fully saturated rings. The predicted molar refractivity (Wildman–Crippen MR) is 146 cm³/mol. The zero-order valence-corrected chi connectivity index (χ0v) is 21.3. The van der Waals surface area contributed by atoms with Gasteiger partial charge in [0.2, 0.25) is 0 Å². The highest BCUT2D eigenvalue weighted by Crippen LogP contribution is 2.31. The van der Waals surface area contributed by atoms with Gasteiger partial charge in [0.15, 0.2) is 11.5 Å². The van der Waals surface area contributed by atoms with Crippen LogP contribution in [0.2, 0.25) is 0 Å². The number of anilines is 1. The molecule has 11 heteroatoms. The fraction of sp³-hybridized carbons (Fsp3) is 0.370. The van der Waals surface area contributed by atoms with E-state index in [-0.39, 0.29) is 6.10 Å². The van der Waals surface area contributed by atoms with Gasteiger partial charge in [-0.1, -0.05) is 0 Å². The standard InChI is InChI=1S/C27H30N10O/c1-36-8-10-37(11-9-36)23-16-30-15-22-24(23)33-27(32-22)26-25-21(34-35-26)3-2-20(31-25)17-12-19(14-29-13-17)38-18-4-6-28-7-5-18/h2-3,12-16,18,28H,4-11H2,1H3,(H,32,33)(H,34,35). The third-order valence-electron chi connectivity index (χ3n) is 7.45. The van der Waals surface area contributed by atoms with Crippen molar-refractivity contribution in [3.63, 3.8) is 0 Å². The summed E-state index contributed by atoms with van der Waals surface area (Å²) in [4.78, 5) is 27.0. The van der Waals surface area contributed by atoms with E-state index in [0.29, 0.717) is 11.5 Å². The molecule has 7 rings (SSSR count). The Hall–Kier alpha value is -4.09. The van der Waals surface area contributed by atoms with Crippen LogP contribution >= 0.6 is 0 Å². The Morgan fingerprint density at radius 1 is 0.895 bits per heavy atom. The molecule has 2 aliphatic rings. The fourth-order valence-corrected chi connectivity index (χ4v) is 5.26. The van der Waals surface area contributed by atoms with Crippen molar-refractivity contribution in [1.29, 1.82) is 0 Å². The van der Waals surface area contributed by atoms with E-state index in [2.05, 4.69) is 47.3 Å². The summed E-state index contributed by atoms with van der Waals surface area (Å²) in [7, 11) is 2.15. The van der Waals surface area contributed by atoms with Gasteiger partial charge in [0.1, 0.15) is 22.9 Å². The average Bonchev–Trinajstić information content (AvgIpc) is 3.58. The highest BCUT2D eigenvalue weighted by atomic mass is 16.5. The van der Waals surface area contributed by atoms with Crippen molar-refractivity contribution in [2.75, 3.05) is 51.2 Å². The van der Waals surface area contributed by atoms with Crippen LogP contribution in [0, 0.1) is 0 Å². The minimum absolute atomic E-state index is 0.211. The van der Waals surface area contributed by atoms with Crippen LogP contribution in [0.5, 0.6) is 5.75 Å². The third-order valence-corrected chi connectivity index (χ3v) is 7.45. The molecule has 0 atom stereocenters. The molecule has 0 amide bonds. The zero-order valence-electron chi connectivity index (χ0n) is 21.3. The van der Waals surface area contributed by atoms with E-state index >= 15 is 0 Å². The number of H-pyrrole nitrogens is 2. The fourth-order valence-electron chi connectivity index (χ4n) is 5.26. The molecule has 194 valence electrons. The Kier molecular flexibility index (Phi) is 5.86. The summed E-state index contributed by atoms with van der Waals surface area (Å²) < 4.78 is 6.21. The monoisotopic (exact) mass is 510 g/mol. The molecule has 0 bridgehead atoms. The van der Waals surface area contributed by atoms with Crippen molar-refractivity contribution in [3.8, 4) is 28.5 Å². The lowest BCUT2D eigenvalue weighted by atomic mass is 10.1. The van der Waals surface area contributed by atoms with Gasteiger partial charge in [-0.15, -0.1) is 0 Å². The smallest absolute Gasteiger partial charge is 0.161 e. The average molecular weight is 511 g/mol. The first-order valence-electron chi connectivity index (χ1n) is 13.2. The summed E-state index contributed by atoms with van der Waals surface area (Å²) in [5, 5.41) is 11.1. The van der Waals surface area contributed by atoms with Crippen LogP contribution in [0.15, 0.2) is 43.0 Å². The third kappa shape index (κ3) is 4.33. The van der Waals surface area contributed by atoms with E-state index < -0.39 is 0 Å². The molecule has 0 aromatic carbocycles. The lowest BCUT2D eigenvalue weighted by Crippen LogP contribution is -2.44. The molecule has 0 radical (unpaired) electrons. The molecule has 38 heavy (non-hydrogen) atoms. The molecule has 0 saturated carbocycles. The van der Waals surface area contributed by atoms with E-state index in [9.17, 15) is 0 Å². The van der Waals surface area contributed by atoms with Gasteiger partial charge in [0.25, 0.3) is 0 Å². The number of nitrogens with one attached hydrogen (secondary N) is 3. The van der Waals surface area contributed by atoms with Gasteiger partial charge in [0.05, 0.1) is 41.0 Å². The van der Waals surface area contributed by atoms with E-state index in [4.69, 9.17) is 14.7 Å². The SMILES string of the molecule is CN1CCN(c2cncc3[nH]c(-c4n[nH]c5ccc(-c6cncc(OC7CCNCC7)c6)nc45)nc23)CC1. The second-order valence-electron chi connectivity index (χ2n) is 10.1. The van der Waals surface area contributed by atoms with Gasteiger partial charge in [-0.25, -0.2) is 9.97 Å². The largest absolute Gasteiger partial charge is 0.489 e. The summed E-state index contributed by atoms with van der Waals surface area (Å²) in [5.74, 6) is 1.44. The molecule has 5 aromatic heterocycles. The summed E-state index contributed by atoms with van der Waals surface area (Å²) in [5.41, 5.74) is 6.81. The molecule has 5 aromatic rings. The first-order valence-corrected chi connectivity index (χ1v) is 13.2. The van der Waals surface area contributed by atoms with Crippen molar-refractivity contribution >= 4 is 27.8 Å². The molecule has 0 aliphatic carbocycles. The van der Waals surface area contributed by atoms with Crippen molar-refractivity contribution in [2.24, 2.45) is 0 Å². The summed E-state index contributed by atoms with van der Waals surface area (Å²) in [6, 6.07) is 5.98. The van der Waals surface area contributed by atoms with E-state index in [1.165, 1.54) is 0 Å². The van der Waals surface area contributed by atoms with Gasteiger partial charge < -0.3 is 24.8 Å². The van der Waals surface area contributed by atoms with Gasteiger partial charge >= 0.3 is 0 Å². The lowest BCUT2D eigenvalue weighted by Gasteiger charge is -2.33. The topological polar surface area (TPSA) is 124 Å². The summed E-state index contributed by atoms with van der Waals surface area (Å²) >= 11 is 0. The normalized spacial score (nSPS) is 17.4. The number of piperazine rings is 1. The first kappa shape index (κ1) is 23.1. The van der Waals surface area contributed by atoms with Crippen LogP contribution in [0.4, 0.5) is 5.69 Å². The highest BCUT2D eigenvalue weighted by molar-refractivity contribution is 5.94. The number of nitrogens with zero attached hydrogens (tertiary/aromatic N) is 7. The number of ether oxygens (including phenoxy) is 1. The van der Waals surface area contributed by atoms with Crippen LogP contribution < -0.4 is 15.0 Å². The quantitative estimate of drug-likeness (QED) is 0.327. The molecule has 11 nitrogen and oxygen atoms in total. The number of pyridine rings is 3. The maximum absolute atomic E-state index is 6.21. The molecule has 2 saturated heterocycles. The Labute approximate surface area is 219 Å². The number of aromatic nitrogens is 7. The molecule has 0 spiro atoms. The molecule has 7 heterocycles.